The summed E-state index contributed by atoms with van der Waals surface area (Å²) in [6.45, 7) is 4.71. The highest BCUT2D eigenvalue weighted by Crippen LogP contribution is 2.16. The number of aliphatic imine (C=N–C) groups is 1. The Morgan fingerprint density at radius 2 is 1.90 bits per heavy atom. The van der Waals surface area contributed by atoms with Gasteiger partial charge in [0.1, 0.15) is 6.61 Å². The summed E-state index contributed by atoms with van der Waals surface area (Å²) >= 11 is 0. The monoisotopic (exact) mass is 411 g/mol. The Morgan fingerprint density at radius 1 is 1.17 bits per heavy atom. The lowest BCUT2D eigenvalue weighted by atomic mass is 10.1. The van der Waals surface area contributed by atoms with Gasteiger partial charge in [0.25, 0.3) is 0 Å². The van der Waals surface area contributed by atoms with Crippen LogP contribution < -0.4 is 10.6 Å². The zero-order valence-electron chi connectivity index (χ0n) is 16.8. The van der Waals surface area contributed by atoms with Crippen LogP contribution in [0.15, 0.2) is 35.5 Å². The van der Waals surface area contributed by atoms with E-state index in [1.54, 1.807) is 12.1 Å². The Kier molecular flexibility index (Phi) is 8.98. The molecule has 0 fully saturated rings. The van der Waals surface area contributed by atoms with Crippen LogP contribution >= 0.6 is 0 Å². The molecule has 0 spiro atoms. The van der Waals surface area contributed by atoms with Crippen molar-refractivity contribution in [3.05, 3.63) is 52.8 Å². The van der Waals surface area contributed by atoms with Crippen LogP contribution in [-0.4, -0.2) is 42.0 Å². The van der Waals surface area contributed by atoms with Crippen LogP contribution in [-0.2, 0) is 24.3 Å². The van der Waals surface area contributed by atoms with E-state index in [0.29, 0.717) is 12.1 Å². The number of aromatic nitrogens is 2. The molecule has 1 aromatic carbocycles. The SMILES string of the molecule is CCNC(=NCc1ccc(COCC(F)(F)F)cc1)NCCCc1cn[nH]c1C. The van der Waals surface area contributed by atoms with E-state index in [-0.39, 0.29) is 6.61 Å². The van der Waals surface area contributed by atoms with Gasteiger partial charge < -0.3 is 15.4 Å². The summed E-state index contributed by atoms with van der Waals surface area (Å²) in [5, 5.41) is 13.5. The van der Waals surface area contributed by atoms with Crippen LogP contribution in [0.4, 0.5) is 13.2 Å². The molecule has 0 aliphatic heterocycles. The molecule has 0 bridgehead atoms. The number of aromatic amines is 1. The molecule has 3 N–H and O–H groups in total. The standard InChI is InChI=1S/C20H28F3N5O/c1-3-24-19(25-10-4-5-18-12-27-28-15(18)2)26-11-16-6-8-17(9-7-16)13-29-14-20(21,22)23/h6-9,12H,3-5,10-11,13-14H2,1-2H3,(H,27,28)(H2,24,25,26). The Labute approximate surface area is 169 Å². The summed E-state index contributed by atoms with van der Waals surface area (Å²) in [5.74, 6) is 0.731. The molecule has 0 aliphatic carbocycles. The molecule has 160 valence electrons. The number of hydrogen-bond donors (Lipinski definition) is 3. The van der Waals surface area contributed by atoms with Crippen LogP contribution in [0.2, 0.25) is 0 Å². The summed E-state index contributed by atoms with van der Waals surface area (Å²) in [6, 6.07) is 7.21. The second kappa shape index (κ2) is 11.5. The number of alkyl halides is 3. The highest BCUT2D eigenvalue weighted by atomic mass is 19.4. The summed E-state index contributed by atoms with van der Waals surface area (Å²) in [7, 11) is 0. The summed E-state index contributed by atoms with van der Waals surface area (Å²) in [4.78, 5) is 4.56. The average molecular weight is 411 g/mol. The topological polar surface area (TPSA) is 74.3 Å². The third-order valence-electron chi connectivity index (χ3n) is 4.17. The number of rotatable bonds is 10. The maximum Gasteiger partial charge on any atom is 0.411 e. The number of benzene rings is 1. The zero-order valence-corrected chi connectivity index (χ0v) is 16.8. The summed E-state index contributed by atoms with van der Waals surface area (Å²) in [6.07, 6.45) is -0.557. The Bertz CT molecular complexity index is 756. The predicted octanol–water partition coefficient (Wildman–Crippen LogP) is 3.48. The van der Waals surface area contributed by atoms with Crippen molar-refractivity contribution >= 4 is 5.96 Å². The van der Waals surface area contributed by atoms with Crippen LogP contribution in [0.1, 0.15) is 35.7 Å². The largest absolute Gasteiger partial charge is 0.411 e. The second-order valence-corrected chi connectivity index (χ2v) is 6.67. The molecule has 0 amide bonds. The van der Waals surface area contributed by atoms with Crippen molar-refractivity contribution in [2.75, 3.05) is 19.7 Å². The van der Waals surface area contributed by atoms with E-state index in [1.807, 2.05) is 32.2 Å². The lowest BCUT2D eigenvalue weighted by Crippen LogP contribution is -2.37. The van der Waals surface area contributed by atoms with E-state index in [0.717, 1.165) is 43.1 Å². The van der Waals surface area contributed by atoms with Crippen LogP contribution in [0, 0.1) is 6.92 Å². The first-order valence-electron chi connectivity index (χ1n) is 9.60. The van der Waals surface area contributed by atoms with Gasteiger partial charge in [-0.25, -0.2) is 4.99 Å². The van der Waals surface area contributed by atoms with Gasteiger partial charge in [0, 0.05) is 18.8 Å². The highest BCUT2D eigenvalue weighted by Gasteiger charge is 2.27. The molecule has 9 heteroatoms. The Morgan fingerprint density at radius 3 is 2.52 bits per heavy atom. The fourth-order valence-electron chi connectivity index (χ4n) is 2.65. The third kappa shape index (κ3) is 8.99. The average Bonchev–Trinajstić information content (AvgIpc) is 3.08. The van der Waals surface area contributed by atoms with Crippen LogP contribution in [0.25, 0.3) is 0 Å². The number of H-pyrrole nitrogens is 1. The molecule has 1 heterocycles. The van der Waals surface area contributed by atoms with Gasteiger partial charge in [0.05, 0.1) is 19.3 Å². The van der Waals surface area contributed by atoms with E-state index < -0.39 is 12.8 Å². The van der Waals surface area contributed by atoms with Gasteiger partial charge in [-0.3, -0.25) is 5.10 Å². The number of halogens is 3. The molecule has 0 aliphatic rings. The number of hydrogen-bond acceptors (Lipinski definition) is 3. The summed E-state index contributed by atoms with van der Waals surface area (Å²) < 4.78 is 41.0. The van der Waals surface area contributed by atoms with Gasteiger partial charge in [-0.1, -0.05) is 24.3 Å². The molecule has 2 aromatic rings. The Hall–Kier alpha value is -2.55. The van der Waals surface area contributed by atoms with Crippen molar-refractivity contribution in [3.63, 3.8) is 0 Å². The smallest absolute Gasteiger partial charge is 0.367 e. The van der Waals surface area contributed by atoms with E-state index >= 15 is 0 Å². The van der Waals surface area contributed by atoms with Crippen molar-refractivity contribution in [3.8, 4) is 0 Å². The first-order chi connectivity index (χ1) is 13.9. The van der Waals surface area contributed by atoms with Crippen molar-refractivity contribution in [2.24, 2.45) is 4.99 Å². The number of guanidine groups is 1. The van der Waals surface area contributed by atoms with Crippen molar-refractivity contribution in [1.82, 2.24) is 20.8 Å². The Balaban J connectivity index is 1.77. The van der Waals surface area contributed by atoms with Gasteiger partial charge in [-0.15, -0.1) is 0 Å². The highest BCUT2D eigenvalue weighted by molar-refractivity contribution is 5.79. The molecule has 0 unspecified atom stereocenters. The molecule has 6 nitrogen and oxygen atoms in total. The van der Waals surface area contributed by atoms with Gasteiger partial charge in [0.15, 0.2) is 5.96 Å². The van der Waals surface area contributed by atoms with E-state index in [2.05, 4.69) is 30.6 Å². The van der Waals surface area contributed by atoms with Crippen molar-refractivity contribution in [1.29, 1.82) is 0 Å². The molecule has 0 saturated heterocycles. The molecular formula is C20H28F3N5O. The van der Waals surface area contributed by atoms with Gasteiger partial charge in [-0.2, -0.15) is 18.3 Å². The lowest BCUT2D eigenvalue weighted by molar-refractivity contribution is -0.176. The van der Waals surface area contributed by atoms with Crippen molar-refractivity contribution in [2.45, 2.75) is 46.0 Å². The quantitative estimate of drug-likeness (QED) is 0.318. The fourth-order valence-corrected chi connectivity index (χ4v) is 2.65. The molecule has 0 atom stereocenters. The normalized spacial score (nSPS) is 12.2. The van der Waals surface area contributed by atoms with Gasteiger partial charge >= 0.3 is 6.18 Å². The predicted molar refractivity (Wildman–Crippen MR) is 107 cm³/mol. The molecule has 0 saturated carbocycles. The zero-order chi connectivity index (χ0) is 21.1. The molecule has 29 heavy (non-hydrogen) atoms. The fraction of sp³-hybridized carbons (Fsp3) is 0.500. The molecule has 1 aromatic heterocycles. The van der Waals surface area contributed by atoms with Gasteiger partial charge in [0.2, 0.25) is 0 Å². The lowest BCUT2D eigenvalue weighted by Gasteiger charge is -2.11. The van der Waals surface area contributed by atoms with E-state index in [9.17, 15) is 13.2 Å². The molecule has 2 rings (SSSR count). The van der Waals surface area contributed by atoms with E-state index in [1.165, 1.54) is 5.56 Å². The first-order valence-corrected chi connectivity index (χ1v) is 9.60. The number of ether oxygens (including phenoxy) is 1. The minimum absolute atomic E-state index is 0.0661. The van der Waals surface area contributed by atoms with Crippen molar-refractivity contribution < 1.29 is 17.9 Å². The number of aryl methyl sites for hydroxylation is 2. The van der Waals surface area contributed by atoms with Crippen LogP contribution in [0.3, 0.4) is 0 Å². The number of nitrogens with zero attached hydrogens (tertiary/aromatic N) is 2. The van der Waals surface area contributed by atoms with E-state index in [4.69, 9.17) is 0 Å². The van der Waals surface area contributed by atoms with Gasteiger partial charge in [-0.05, 0) is 43.4 Å². The van der Waals surface area contributed by atoms with Crippen LogP contribution in [0.5, 0.6) is 0 Å². The third-order valence-corrected chi connectivity index (χ3v) is 4.17. The maximum absolute atomic E-state index is 12.1. The minimum atomic E-state index is -4.30. The number of nitrogens with one attached hydrogen (secondary N) is 3. The first kappa shape index (κ1) is 22.7. The molecule has 0 radical (unpaired) electrons. The minimum Gasteiger partial charge on any atom is -0.367 e. The maximum atomic E-state index is 12.1. The molecular weight excluding hydrogens is 383 g/mol. The second-order valence-electron chi connectivity index (χ2n) is 6.67. The summed E-state index contributed by atoms with van der Waals surface area (Å²) in [5.41, 5.74) is 3.98.